The van der Waals surface area contributed by atoms with Gasteiger partial charge >= 0.3 is 47.8 Å². The van der Waals surface area contributed by atoms with E-state index in [4.69, 9.17) is 4.74 Å². The lowest BCUT2D eigenvalue weighted by Crippen LogP contribution is -2.10. The Labute approximate surface area is 551 Å². The molecule has 0 aliphatic heterocycles. The average Bonchev–Trinajstić information content (AvgIpc) is 3.55. The summed E-state index contributed by atoms with van der Waals surface area (Å²) < 4.78 is 37.0. The van der Waals surface area contributed by atoms with Gasteiger partial charge in [-0.15, -0.1) is 11.8 Å². The van der Waals surface area contributed by atoms with E-state index < -0.39 is 0 Å². The van der Waals surface area contributed by atoms with Gasteiger partial charge in [-0.1, -0.05) is 205 Å². The summed E-state index contributed by atoms with van der Waals surface area (Å²) in [6.07, 6.45) is 57.3. The third-order valence-corrected chi connectivity index (χ3v) is 17.5. The highest BCUT2D eigenvalue weighted by molar-refractivity contribution is 8.00. The van der Waals surface area contributed by atoms with Crippen molar-refractivity contribution in [3.63, 3.8) is 0 Å². The minimum atomic E-state index is -0.137. The van der Waals surface area contributed by atoms with E-state index in [0.29, 0.717) is 55.3 Å². The number of carbonyl (C=O) groups excluding carboxylic acids is 8. The Bertz CT molecular complexity index is 1560. The molecule has 0 heterocycles. The molecule has 0 fully saturated rings. The Morgan fingerprint density at radius 2 is 0.494 bits per heavy atom. The second-order valence-corrected chi connectivity index (χ2v) is 25.2. The van der Waals surface area contributed by atoms with E-state index in [1.807, 2.05) is 0 Å². The molecule has 524 valence electrons. The number of thioether (sulfide) groups is 2. The largest absolute Gasteiger partial charge is 0.469 e. The molecule has 0 aliphatic rings. The second kappa shape index (κ2) is 78.4. The molecule has 0 N–H and O–H groups in total. The fourth-order valence-corrected chi connectivity index (χ4v) is 11.4. The van der Waals surface area contributed by atoms with Crippen LogP contribution in [0.25, 0.3) is 0 Å². The number of methoxy groups -OCH3 is 8. The third-order valence-electron chi connectivity index (χ3n) is 15.1. The molecule has 0 saturated heterocycles. The molecule has 1 atom stereocenters. The quantitative estimate of drug-likeness (QED) is 0.0240. The highest BCUT2D eigenvalue weighted by Crippen LogP contribution is 2.25. The van der Waals surface area contributed by atoms with Gasteiger partial charge in [0.2, 0.25) is 0 Å². The van der Waals surface area contributed by atoms with Gasteiger partial charge in [0.15, 0.2) is 0 Å². The van der Waals surface area contributed by atoms with Crippen molar-refractivity contribution in [2.24, 2.45) is 0 Å². The van der Waals surface area contributed by atoms with Crippen molar-refractivity contribution in [3.05, 3.63) is 12.2 Å². The number of allylic oxidation sites excluding steroid dienone is 2. The Balaban J connectivity index is -0.000000551. The molecule has 0 bridgehead atoms. The maximum absolute atomic E-state index is 11.4. The molecule has 0 aromatic heterocycles. The van der Waals surface area contributed by atoms with Gasteiger partial charge in [0, 0.05) is 43.8 Å². The molecular formula is C71H132O16S2. The van der Waals surface area contributed by atoms with Gasteiger partial charge in [-0.05, 0) is 89.2 Å². The monoisotopic (exact) mass is 1300 g/mol. The number of ether oxygens (including phenoxy) is 8. The first kappa shape index (κ1) is 91.6. The first-order valence-corrected chi connectivity index (χ1v) is 36.8. The SMILES string of the molecule is CCCCCCCCC(CCCCCCCCC(=O)OC)SCC(=O)OC.COC(=O)CCCCCCCC/C=C/CCCCCCCCC(=O)OC.COC(=O)CCCCCCCCC(=O)OC.COC(=O)CCCCCCCCCCSCC(=O)OC. The van der Waals surface area contributed by atoms with Gasteiger partial charge in [0.25, 0.3) is 0 Å². The van der Waals surface area contributed by atoms with E-state index in [1.54, 1.807) is 23.5 Å². The van der Waals surface area contributed by atoms with E-state index in [1.165, 1.54) is 237 Å². The highest BCUT2D eigenvalue weighted by atomic mass is 32.2. The number of carbonyl (C=O) groups is 8. The van der Waals surface area contributed by atoms with E-state index >= 15 is 0 Å². The van der Waals surface area contributed by atoms with Crippen molar-refractivity contribution in [1.29, 1.82) is 0 Å². The molecule has 18 heteroatoms. The number of unbranched alkanes of at least 4 members (excludes halogenated alkanes) is 34. The second-order valence-electron chi connectivity index (χ2n) is 22.8. The van der Waals surface area contributed by atoms with Crippen LogP contribution in [0.1, 0.15) is 315 Å². The smallest absolute Gasteiger partial charge is 0.315 e. The van der Waals surface area contributed by atoms with Crippen molar-refractivity contribution < 1.29 is 76.3 Å². The zero-order valence-electron chi connectivity index (χ0n) is 58.1. The van der Waals surface area contributed by atoms with E-state index in [-0.39, 0.29) is 47.8 Å². The summed E-state index contributed by atoms with van der Waals surface area (Å²) in [5.74, 6) is 1.08. The molecule has 1 unspecified atom stereocenters. The van der Waals surface area contributed by atoms with Crippen molar-refractivity contribution >= 4 is 71.3 Å². The first-order valence-electron chi connectivity index (χ1n) is 34.6. The van der Waals surface area contributed by atoms with E-state index in [2.05, 4.69) is 52.2 Å². The molecule has 0 spiro atoms. The zero-order chi connectivity index (χ0) is 66.7. The van der Waals surface area contributed by atoms with Crippen LogP contribution in [0.2, 0.25) is 0 Å². The van der Waals surface area contributed by atoms with Crippen LogP contribution >= 0.6 is 23.5 Å². The molecule has 0 aliphatic carbocycles. The minimum absolute atomic E-state index is 0.0892. The summed E-state index contributed by atoms with van der Waals surface area (Å²) in [5.41, 5.74) is 0. The third kappa shape index (κ3) is 82.2. The summed E-state index contributed by atoms with van der Waals surface area (Å²) in [7, 11) is 11.5. The number of esters is 8. The minimum Gasteiger partial charge on any atom is -0.469 e. The Morgan fingerprint density at radius 3 is 0.764 bits per heavy atom. The Morgan fingerprint density at radius 1 is 0.270 bits per heavy atom. The van der Waals surface area contributed by atoms with Crippen molar-refractivity contribution in [1.82, 2.24) is 0 Å². The predicted octanol–water partition coefficient (Wildman–Crippen LogP) is 18.5. The topological polar surface area (TPSA) is 210 Å². The fraction of sp³-hybridized carbons (Fsp3) is 0.859. The van der Waals surface area contributed by atoms with Gasteiger partial charge in [0.05, 0.1) is 68.4 Å². The van der Waals surface area contributed by atoms with Crippen LogP contribution in [-0.2, 0) is 76.3 Å². The Kier molecular flexibility index (Phi) is 80.7. The lowest BCUT2D eigenvalue weighted by molar-refractivity contribution is -0.141. The van der Waals surface area contributed by atoms with Crippen LogP contribution in [0.15, 0.2) is 12.2 Å². The van der Waals surface area contributed by atoms with Crippen LogP contribution < -0.4 is 0 Å². The molecule has 89 heavy (non-hydrogen) atoms. The van der Waals surface area contributed by atoms with E-state index in [0.717, 1.165) is 95.6 Å². The highest BCUT2D eigenvalue weighted by Gasteiger charge is 2.13. The molecule has 16 nitrogen and oxygen atoms in total. The van der Waals surface area contributed by atoms with E-state index in [9.17, 15) is 38.4 Å². The lowest BCUT2D eigenvalue weighted by Gasteiger charge is -2.16. The number of hydrogen-bond acceptors (Lipinski definition) is 18. The number of rotatable bonds is 59. The zero-order valence-corrected chi connectivity index (χ0v) is 59.8. The van der Waals surface area contributed by atoms with Crippen LogP contribution in [0, 0.1) is 0 Å². The lowest BCUT2D eigenvalue weighted by atomic mass is 10.0. The summed E-state index contributed by atoms with van der Waals surface area (Å²) >= 11 is 3.42. The molecular weight excluding hydrogens is 1170 g/mol. The van der Waals surface area contributed by atoms with Crippen LogP contribution in [-0.4, -0.2) is 127 Å². The molecule has 0 aromatic rings. The average molecular weight is 1310 g/mol. The Hall–Kier alpha value is -3.80. The van der Waals surface area contributed by atoms with Gasteiger partial charge in [-0.25, -0.2) is 0 Å². The summed E-state index contributed by atoms with van der Waals surface area (Å²) in [4.78, 5) is 87.7. The van der Waals surface area contributed by atoms with Gasteiger partial charge in [0.1, 0.15) is 0 Å². The maximum atomic E-state index is 11.4. The normalized spacial score (nSPS) is 10.9. The molecule has 0 amide bonds. The molecule has 0 radical (unpaired) electrons. The van der Waals surface area contributed by atoms with Gasteiger partial charge in [-0.2, -0.15) is 11.8 Å². The first-order chi connectivity index (χ1) is 43.2. The van der Waals surface area contributed by atoms with Crippen molar-refractivity contribution in [2.75, 3.05) is 74.1 Å². The maximum Gasteiger partial charge on any atom is 0.315 e. The van der Waals surface area contributed by atoms with Crippen LogP contribution in [0.5, 0.6) is 0 Å². The van der Waals surface area contributed by atoms with Crippen molar-refractivity contribution in [3.8, 4) is 0 Å². The van der Waals surface area contributed by atoms with Gasteiger partial charge < -0.3 is 37.9 Å². The van der Waals surface area contributed by atoms with Crippen molar-refractivity contribution in [2.45, 2.75) is 320 Å². The summed E-state index contributed by atoms with van der Waals surface area (Å²) in [6, 6.07) is 0. The van der Waals surface area contributed by atoms with Crippen LogP contribution in [0.3, 0.4) is 0 Å². The number of hydrogen-bond donors (Lipinski definition) is 0. The van der Waals surface area contributed by atoms with Crippen LogP contribution in [0.4, 0.5) is 0 Å². The summed E-state index contributed by atoms with van der Waals surface area (Å²) in [5, 5.41) is 0.578. The molecule has 0 rings (SSSR count). The van der Waals surface area contributed by atoms with Gasteiger partial charge in [-0.3, -0.25) is 38.4 Å². The summed E-state index contributed by atoms with van der Waals surface area (Å²) in [6.45, 7) is 2.25. The molecule has 0 saturated carbocycles. The predicted molar refractivity (Wildman–Crippen MR) is 366 cm³/mol. The molecule has 0 aromatic carbocycles. The fourth-order valence-electron chi connectivity index (χ4n) is 9.38. The standard InChI is InChI=1S/C22H42O4S.C22H40O4.C15H28O4S.C12H22O4/c1-4-5-6-7-10-13-16-20(27-19-22(24)26-3)17-14-11-8-9-12-15-18-21(23)25-2;1-25-21(23)19-17-15-13-11-9-7-5-3-4-6-8-10-12-14-16-18-20-22(24)26-2;1-18-14(16)11-9-7-5-3-4-6-8-10-12-20-13-15(17)19-2;1-15-11(13)9-7-5-3-4-6-8-10-12(14)16-2/h20H,4-19H2,1-3H3;3-4H,5-20H2,1-2H3;3-13H2,1-2H3;3-10H2,1-2H3/b;4-3+;;.